The van der Waals surface area contributed by atoms with Crippen LogP contribution in [0.15, 0.2) is 48.5 Å². The summed E-state index contributed by atoms with van der Waals surface area (Å²) >= 11 is 0. The number of hydrogen-bond donors (Lipinski definition) is 1. The van der Waals surface area contributed by atoms with Crippen LogP contribution in [-0.2, 0) is 27.3 Å². The topological polar surface area (TPSA) is 61.9 Å². The van der Waals surface area contributed by atoms with Gasteiger partial charge in [0.05, 0.1) is 13.2 Å². The molecular weight excluding hydrogens is 342 g/mol. The summed E-state index contributed by atoms with van der Waals surface area (Å²) in [6.45, 7) is 4.09. The molecule has 0 radical (unpaired) electrons. The number of benzene rings is 2. The first-order valence-corrected chi connectivity index (χ1v) is 9.30. The highest BCUT2D eigenvalue weighted by atomic mass is 16.5. The van der Waals surface area contributed by atoms with Crippen molar-refractivity contribution in [3.8, 4) is 0 Å². The van der Waals surface area contributed by atoms with Crippen LogP contribution >= 0.6 is 0 Å². The first-order chi connectivity index (χ1) is 13.2. The summed E-state index contributed by atoms with van der Waals surface area (Å²) in [6, 6.07) is 15.7. The molecule has 1 N–H and O–H groups in total. The van der Waals surface area contributed by atoms with Gasteiger partial charge in [0.15, 0.2) is 0 Å². The number of rotatable bonds is 2. The van der Waals surface area contributed by atoms with Crippen molar-refractivity contribution >= 4 is 23.2 Å². The number of fused-ring (bicyclic) bond motifs is 1. The van der Waals surface area contributed by atoms with Crippen molar-refractivity contribution in [1.82, 2.24) is 4.90 Å². The zero-order valence-corrected chi connectivity index (χ0v) is 15.2. The van der Waals surface area contributed by atoms with Gasteiger partial charge in [-0.2, -0.15) is 0 Å². The molecule has 2 amide bonds. The molecule has 1 saturated heterocycles. The Bertz CT molecular complexity index is 846. The lowest BCUT2D eigenvalue weighted by atomic mass is 10.00. The van der Waals surface area contributed by atoms with Gasteiger partial charge in [0, 0.05) is 37.6 Å². The van der Waals surface area contributed by atoms with E-state index in [-0.39, 0.29) is 0 Å². The van der Waals surface area contributed by atoms with Gasteiger partial charge in [-0.15, -0.1) is 0 Å². The number of carbonyl (C=O) groups excluding carboxylic acids is 2. The Morgan fingerprint density at radius 2 is 1.70 bits per heavy atom. The smallest absolute Gasteiger partial charge is 0.313 e. The standard InChI is InChI=1S/C21H23N3O3/c25-20(21(26)24-9-8-16-4-1-2-5-17(16)15-24)22-18-6-3-7-19(14-18)23-10-12-27-13-11-23/h1-7,14H,8-13,15H2,(H,22,25). The first-order valence-electron chi connectivity index (χ1n) is 9.30. The van der Waals surface area contributed by atoms with Crippen molar-refractivity contribution in [2.24, 2.45) is 0 Å². The number of ether oxygens (including phenoxy) is 1. The molecule has 2 heterocycles. The lowest BCUT2D eigenvalue weighted by molar-refractivity contribution is -0.143. The molecule has 4 rings (SSSR count). The van der Waals surface area contributed by atoms with Crippen molar-refractivity contribution in [2.75, 3.05) is 43.1 Å². The molecule has 1 fully saturated rings. The van der Waals surface area contributed by atoms with Gasteiger partial charge in [-0.3, -0.25) is 9.59 Å². The molecule has 0 aromatic heterocycles. The predicted octanol–water partition coefficient (Wildman–Crippen LogP) is 2.05. The second-order valence-electron chi connectivity index (χ2n) is 6.85. The largest absolute Gasteiger partial charge is 0.378 e. The second kappa shape index (κ2) is 7.80. The minimum Gasteiger partial charge on any atom is -0.378 e. The molecule has 0 saturated carbocycles. The number of carbonyl (C=O) groups is 2. The van der Waals surface area contributed by atoms with Gasteiger partial charge in [-0.05, 0) is 35.7 Å². The Labute approximate surface area is 158 Å². The predicted molar refractivity (Wildman–Crippen MR) is 104 cm³/mol. The zero-order chi connectivity index (χ0) is 18.6. The van der Waals surface area contributed by atoms with Crippen molar-refractivity contribution in [3.05, 3.63) is 59.7 Å². The van der Waals surface area contributed by atoms with Gasteiger partial charge >= 0.3 is 11.8 Å². The van der Waals surface area contributed by atoms with Gasteiger partial charge in [0.2, 0.25) is 0 Å². The number of morpholine rings is 1. The summed E-state index contributed by atoms with van der Waals surface area (Å²) in [7, 11) is 0. The average molecular weight is 365 g/mol. The van der Waals surface area contributed by atoms with Crippen molar-refractivity contribution < 1.29 is 14.3 Å². The van der Waals surface area contributed by atoms with Crippen LogP contribution in [0.2, 0.25) is 0 Å². The molecule has 0 atom stereocenters. The highest BCUT2D eigenvalue weighted by Gasteiger charge is 2.25. The normalized spacial score (nSPS) is 16.6. The Morgan fingerprint density at radius 1 is 0.926 bits per heavy atom. The highest BCUT2D eigenvalue weighted by Crippen LogP contribution is 2.22. The summed E-state index contributed by atoms with van der Waals surface area (Å²) in [5.74, 6) is -1.07. The molecule has 0 spiro atoms. The highest BCUT2D eigenvalue weighted by molar-refractivity contribution is 6.39. The van der Waals surface area contributed by atoms with E-state index in [2.05, 4.69) is 16.3 Å². The molecule has 27 heavy (non-hydrogen) atoms. The van der Waals surface area contributed by atoms with Crippen LogP contribution in [0.4, 0.5) is 11.4 Å². The molecule has 0 aliphatic carbocycles. The maximum atomic E-state index is 12.6. The lowest BCUT2D eigenvalue weighted by Gasteiger charge is -2.29. The summed E-state index contributed by atoms with van der Waals surface area (Å²) in [4.78, 5) is 28.9. The van der Waals surface area contributed by atoms with Gasteiger partial charge in [0.25, 0.3) is 0 Å². The van der Waals surface area contributed by atoms with Crippen LogP contribution in [0.1, 0.15) is 11.1 Å². The Hall–Kier alpha value is -2.86. The molecule has 2 aliphatic rings. The minimum absolute atomic E-state index is 0.482. The molecule has 2 aromatic rings. The molecule has 0 bridgehead atoms. The van der Waals surface area contributed by atoms with Crippen molar-refractivity contribution in [3.63, 3.8) is 0 Å². The number of nitrogens with one attached hydrogen (secondary N) is 1. The average Bonchev–Trinajstić information content (AvgIpc) is 2.73. The van der Waals surface area contributed by atoms with E-state index < -0.39 is 11.8 Å². The fraction of sp³-hybridized carbons (Fsp3) is 0.333. The zero-order valence-electron chi connectivity index (χ0n) is 15.2. The molecule has 2 aromatic carbocycles. The van der Waals surface area contributed by atoms with Crippen LogP contribution in [0.25, 0.3) is 0 Å². The van der Waals surface area contributed by atoms with Crippen LogP contribution in [0, 0.1) is 0 Å². The maximum absolute atomic E-state index is 12.6. The molecular formula is C21H23N3O3. The van der Waals surface area contributed by atoms with E-state index in [0.717, 1.165) is 30.8 Å². The molecule has 6 heteroatoms. The van der Waals surface area contributed by atoms with Crippen LogP contribution < -0.4 is 10.2 Å². The van der Waals surface area contributed by atoms with E-state index in [9.17, 15) is 9.59 Å². The third-order valence-corrected chi connectivity index (χ3v) is 5.09. The Balaban J connectivity index is 1.41. The summed E-state index contributed by atoms with van der Waals surface area (Å²) in [5.41, 5.74) is 4.02. The molecule has 140 valence electrons. The van der Waals surface area contributed by atoms with E-state index in [1.54, 1.807) is 11.0 Å². The van der Waals surface area contributed by atoms with Gasteiger partial charge in [-0.25, -0.2) is 0 Å². The van der Waals surface area contributed by atoms with Crippen LogP contribution in [0.5, 0.6) is 0 Å². The first kappa shape index (κ1) is 17.5. The van der Waals surface area contributed by atoms with E-state index in [4.69, 9.17) is 4.74 Å². The number of hydrogen-bond acceptors (Lipinski definition) is 4. The van der Waals surface area contributed by atoms with Crippen LogP contribution in [-0.4, -0.2) is 49.6 Å². The maximum Gasteiger partial charge on any atom is 0.313 e. The Morgan fingerprint density at radius 3 is 2.52 bits per heavy atom. The monoisotopic (exact) mass is 365 g/mol. The lowest BCUT2D eigenvalue weighted by Crippen LogP contribution is -2.42. The SMILES string of the molecule is O=C(Nc1cccc(N2CCOCC2)c1)C(=O)N1CCc2ccccc2C1. The number of amides is 2. The number of nitrogens with zero attached hydrogens (tertiary/aromatic N) is 2. The third-order valence-electron chi connectivity index (χ3n) is 5.09. The summed E-state index contributed by atoms with van der Waals surface area (Å²) < 4.78 is 5.38. The fourth-order valence-corrected chi connectivity index (χ4v) is 3.60. The molecule has 6 nitrogen and oxygen atoms in total. The number of anilines is 2. The second-order valence-corrected chi connectivity index (χ2v) is 6.85. The summed E-state index contributed by atoms with van der Waals surface area (Å²) in [6.07, 6.45) is 0.779. The van der Waals surface area contributed by atoms with Gasteiger partial charge in [0.1, 0.15) is 0 Å². The van der Waals surface area contributed by atoms with Crippen LogP contribution in [0.3, 0.4) is 0 Å². The van der Waals surface area contributed by atoms with E-state index in [1.165, 1.54) is 5.56 Å². The van der Waals surface area contributed by atoms with E-state index in [0.29, 0.717) is 32.0 Å². The molecule has 2 aliphatic heterocycles. The molecule has 0 unspecified atom stereocenters. The van der Waals surface area contributed by atoms with Crippen molar-refractivity contribution in [2.45, 2.75) is 13.0 Å². The summed E-state index contributed by atoms with van der Waals surface area (Å²) in [5, 5.41) is 2.75. The van der Waals surface area contributed by atoms with Crippen molar-refractivity contribution in [1.29, 1.82) is 0 Å². The third kappa shape index (κ3) is 3.95. The fourth-order valence-electron chi connectivity index (χ4n) is 3.60. The Kier molecular flexibility index (Phi) is 5.07. The quantitative estimate of drug-likeness (QED) is 0.828. The minimum atomic E-state index is -0.589. The van der Waals surface area contributed by atoms with E-state index in [1.807, 2.05) is 36.4 Å². The van der Waals surface area contributed by atoms with Gasteiger partial charge < -0.3 is 19.9 Å². The van der Waals surface area contributed by atoms with E-state index >= 15 is 0 Å². The van der Waals surface area contributed by atoms with Gasteiger partial charge in [-0.1, -0.05) is 30.3 Å².